The van der Waals surface area contributed by atoms with E-state index >= 15 is 0 Å². The molecular weight excluding hydrogens is 620 g/mol. The van der Waals surface area contributed by atoms with Gasteiger partial charge in [-0.1, -0.05) is 55.4 Å². The minimum absolute atomic E-state index is 0.0171. The molecule has 1 aromatic heterocycles. The molecular formula is C34H40N6O8. The smallest absolute Gasteiger partial charge is 0.274 e. The molecule has 0 aliphatic carbocycles. The molecule has 2 bridgehead atoms. The van der Waals surface area contributed by atoms with Crippen LogP contribution < -0.4 is 30.7 Å². The molecule has 0 fully saturated rings. The molecule has 0 spiro atoms. The standard InChI is InChI=1S/C34H40N6O8/c1-20(2)16-25-32(43)38-26(17-22-8-5-4-6-9-22)31(42)35-12-13-40(34(45)24-10-7-11-28-29(24)47-15-14-46-28)19-23-18-27(39-48-23)33(44)36-21(3)30(41)37-25/h4-11,18,20-21,25-26H,12-17,19H2,1-3H3,(H,35,42)(H,36,44)(H,37,41)(H,38,43)/t21-,25-,26-/m1/s1. The lowest BCUT2D eigenvalue weighted by molar-refractivity contribution is -0.132. The van der Waals surface area contributed by atoms with Crippen LogP contribution in [0.25, 0.3) is 0 Å². The molecule has 48 heavy (non-hydrogen) atoms. The van der Waals surface area contributed by atoms with Crippen molar-refractivity contribution in [1.29, 1.82) is 0 Å². The molecule has 254 valence electrons. The second-order valence-electron chi connectivity index (χ2n) is 12.2. The van der Waals surface area contributed by atoms with Crippen molar-refractivity contribution in [3.05, 3.63) is 77.2 Å². The van der Waals surface area contributed by atoms with Gasteiger partial charge >= 0.3 is 0 Å². The highest BCUT2D eigenvalue weighted by molar-refractivity contribution is 5.99. The first kappa shape index (κ1) is 33.9. The topological polar surface area (TPSA) is 181 Å². The quantitative estimate of drug-likeness (QED) is 0.316. The summed E-state index contributed by atoms with van der Waals surface area (Å²) in [6, 6.07) is 12.6. The lowest BCUT2D eigenvalue weighted by Gasteiger charge is -2.27. The molecule has 0 radical (unpaired) electrons. The van der Waals surface area contributed by atoms with Crippen molar-refractivity contribution in [2.24, 2.45) is 5.92 Å². The normalized spacial score (nSPS) is 20.9. The van der Waals surface area contributed by atoms with Gasteiger partial charge < -0.3 is 40.2 Å². The number of fused-ring (bicyclic) bond motifs is 3. The number of amides is 5. The van der Waals surface area contributed by atoms with Gasteiger partial charge in [0, 0.05) is 25.6 Å². The fraction of sp³-hybridized carbons (Fsp3) is 0.412. The molecule has 0 saturated heterocycles. The Kier molecular flexibility index (Phi) is 10.9. The summed E-state index contributed by atoms with van der Waals surface area (Å²) in [6.45, 7) is 5.87. The number of aromatic nitrogens is 1. The van der Waals surface area contributed by atoms with Crippen molar-refractivity contribution in [3.8, 4) is 11.5 Å². The molecule has 3 heterocycles. The summed E-state index contributed by atoms with van der Waals surface area (Å²) in [5.41, 5.74) is 0.971. The zero-order valence-electron chi connectivity index (χ0n) is 27.1. The fourth-order valence-electron chi connectivity index (χ4n) is 5.45. The van der Waals surface area contributed by atoms with Crippen LogP contribution in [0.1, 0.15) is 59.4 Å². The largest absolute Gasteiger partial charge is 0.486 e. The minimum atomic E-state index is -1.04. The summed E-state index contributed by atoms with van der Waals surface area (Å²) in [5.74, 6) is -1.73. The van der Waals surface area contributed by atoms with Gasteiger partial charge in [0.2, 0.25) is 17.7 Å². The van der Waals surface area contributed by atoms with Gasteiger partial charge in [0.1, 0.15) is 31.3 Å². The Labute approximate surface area is 277 Å². The lowest BCUT2D eigenvalue weighted by atomic mass is 10.0. The van der Waals surface area contributed by atoms with E-state index in [-0.39, 0.29) is 55.6 Å². The summed E-state index contributed by atoms with van der Waals surface area (Å²) >= 11 is 0. The molecule has 3 aromatic rings. The molecule has 14 nitrogen and oxygen atoms in total. The van der Waals surface area contributed by atoms with E-state index in [1.165, 1.54) is 17.9 Å². The van der Waals surface area contributed by atoms with E-state index in [0.29, 0.717) is 24.5 Å². The highest BCUT2D eigenvalue weighted by atomic mass is 16.6. The molecule has 5 amide bonds. The van der Waals surface area contributed by atoms with E-state index in [1.807, 2.05) is 44.2 Å². The molecule has 5 rings (SSSR count). The van der Waals surface area contributed by atoms with Gasteiger partial charge in [-0.3, -0.25) is 24.0 Å². The average molecular weight is 661 g/mol. The molecule has 2 aromatic carbocycles. The number of rotatable bonds is 5. The number of hydrogen-bond acceptors (Lipinski definition) is 9. The number of para-hydroxylation sites is 1. The molecule has 0 unspecified atom stereocenters. The van der Waals surface area contributed by atoms with Crippen molar-refractivity contribution < 1.29 is 38.0 Å². The summed E-state index contributed by atoms with van der Waals surface area (Å²) in [6.07, 6.45) is 0.476. The van der Waals surface area contributed by atoms with Gasteiger partial charge in [0.15, 0.2) is 23.0 Å². The highest BCUT2D eigenvalue weighted by Gasteiger charge is 2.31. The maximum absolute atomic E-state index is 13.9. The van der Waals surface area contributed by atoms with Crippen LogP contribution in [0.2, 0.25) is 0 Å². The van der Waals surface area contributed by atoms with Gasteiger partial charge in [0.05, 0.1) is 12.1 Å². The third-order valence-electron chi connectivity index (χ3n) is 7.90. The van der Waals surface area contributed by atoms with E-state index in [2.05, 4.69) is 26.4 Å². The predicted molar refractivity (Wildman–Crippen MR) is 172 cm³/mol. The summed E-state index contributed by atoms with van der Waals surface area (Å²) < 4.78 is 16.8. The Hall–Kier alpha value is -5.40. The highest BCUT2D eigenvalue weighted by Crippen LogP contribution is 2.34. The van der Waals surface area contributed by atoms with Crippen molar-refractivity contribution in [2.75, 3.05) is 26.3 Å². The monoisotopic (exact) mass is 660 g/mol. The number of nitrogens with one attached hydrogen (secondary N) is 4. The average Bonchev–Trinajstić information content (AvgIpc) is 3.55. The first-order chi connectivity index (χ1) is 23.1. The molecule has 3 atom stereocenters. The maximum atomic E-state index is 13.9. The number of benzene rings is 2. The third kappa shape index (κ3) is 8.49. The Morgan fingerprint density at radius 1 is 0.917 bits per heavy atom. The molecule has 4 N–H and O–H groups in total. The van der Waals surface area contributed by atoms with E-state index in [1.54, 1.807) is 18.2 Å². The van der Waals surface area contributed by atoms with Crippen LogP contribution in [0.3, 0.4) is 0 Å². The van der Waals surface area contributed by atoms with Gasteiger partial charge in [0.25, 0.3) is 11.8 Å². The van der Waals surface area contributed by atoms with E-state index in [0.717, 1.165) is 5.56 Å². The van der Waals surface area contributed by atoms with Crippen LogP contribution in [0.5, 0.6) is 11.5 Å². The van der Waals surface area contributed by atoms with Crippen LogP contribution >= 0.6 is 0 Å². The Balaban J connectivity index is 1.45. The number of ether oxygens (including phenoxy) is 2. The Morgan fingerprint density at radius 2 is 1.67 bits per heavy atom. The molecule has 14 heteroatoms. The van der Waals surface area contributed by atoms with Crippen LogP contribution in [0.15, 0.2) is 59.1 Å². The second kappa shape index (κ2) is 15.5. The van der Waals surface area contributed by atoms with Gasteiger partial charge in [-0.05, 0) is 37.0 Å². The number of hydrogen-bond donors (Lipinski definition) is 4. The Bertz CT molecular complexity index is 1640. The predicted octanol–water partition coefficient (Wildman–Crippen LogP) is 1.59. The summed E-state index contributed by atoms with van der Waals surface area (Å²) in [5, 5.41) is 14.8. The van der Waals surface area contributed by atoms with Crippen LogP contribution in [-0.4, -0.2) is 84.0 Å². The van der Waals surface area contributed by atoms with Crippen LogP contribution in [-0.2, 0) is 27.3 Å². The zero-order valence-corrected chi connectivity index (χ0v) is 27.1. The molecule has 2 aliphatic rings. The lowest BCUT2D eigenvalue weighted by Crippen LogP contribution is -2.57. The van der Waals surface area contributed by atoms with E-state index in [4.69, 9.17) is 14.0 Å². The zero-order chi connectivity index (χ0) is 34.2. The van der Waals surface area contributed by atoms with E-state index < -0.39 is 47.7 Å². The number of carbonyl (C=O) groups is 5. The van der Waals surface area contributed by atoms with Crippen LogP contribution in [0.4, 0.5) is 0 Å². The van der Waals surface area contributed by atoms with Gasteiger partial charge in [-0.15, -0.1) is 0 Å². The van der Waals surface area contributed by atoms with Crippen molar-refractivity contribution in [3.63, 3.8) is 0 Å². The summed E-state index contributed by atoms with van der Waals surface area (Å²) in [4.78, 5) is 68.8. The van der Waals surface area contributed by atoms with Crippen molar-refractivity contribution >= 4 is 29.5 Å². The van der Waals surface area contributed by atoms with Crippen LogP contribution in [0, 0.1) is 5.92 Å². The second-order valence-corrected chi connectivity index (χ2v) is 12.2. The summed E-state index contributed by atoms with van der Waals surface area (Å²) in [7, 11) is 0. The third-order valence-corrected chi connectivity index (χ3v) is 7.90. The Morgan fingerprint density at radius 3 is 2.44 bits per heavy atom. The number of carbonyl (C=O) groups excluding carboxylic acids is 5. The minimum Gasteiger partial charge on any atom is -0.486 e. The molecule has 0 saturated carbocycles. The number of nitrogens with zero attached hydrogens (tertiary/aromatic N) is 2. The van der Waals surface area contributed by atoms with Crippen molar-refractivity contribution in [1.82, 2.24) is 31.3 Å². The van der Waals surface area contributed by atoms with E-state index in [9.17, 15) is 24.0 Å². The fourth-order valence-corrected chi connectivity index (χ4v) is 5.45. The SMILES string of the molecule is CC(C)C[C@H]1NC(=O)[C@@H](C)NC(=O)c2cc(on2)CN(C(=O)c2cccc3c2OCCO3)CCNC(=O)[C@@H](Cc2ccccc2)NC1=O. The van der Waals surface area contributed by atoms with Crippen molar-refractivity contribution in [2.45, 2.75) is 58.3 Å². The molecule has 2 aliphatic heterocycles. The maximum Gasteiger partial charge on any atom is 0.274 e. The van der Waals surface area contributed by atoms with Gasteiger partial charge in [-0.2, -0.15) is 0 Å². The first-order valence-corrected chi connectivity index (χ1v) is 16.0. The first-order valence-electron chi connectivity index (χ1n) is 16.0. The van der Waals surface area contributed by atoms with Gasteiger partial charge in [-0.25, -0.2) is 0 Å².